The minimum atomic E-state index is -0.429. The number of hydrogen-bond acceptors (Lipinski definition) is 4. The predicted octanol–water partition coefficient (Wildman–Crippen LogP) is 6.94. The quantitative estimate of drug-likeness (QED) is 0.411. The van der Waals surface area contributed by atoms with Crippen molar-refractivity contribution in [1.82, 2.24) is 0 Å². The molecule has 0 bridgehead atoms. The van der Waals surface area contributed by atoms with Gasteiger partial charge in [-0.1, -0.05) is 99.5 Å². The van der Waals surface area contributed by atoms with Crippen molar-refractivity contribution < 1.29 is 9.59 Å². The summed E-state index contributed by atoms with van der Waals surface area (Å²) in [5.74, 6) is 0.250. The monoisotopic (exact) mass is 386 g/mol. The highest BCUT2D eigenvalue weighted by atomic mass is 33.1. The Balaban J connectivity index is 2.29. The molecule has 0 atom stereocenters. The molecule has 0 saturated carbocycles. The van der Waals surface area contributed by atoms with Crippen LogP contribution in [0.15, 0.2) is 58.3 Å². The smallest absolute Gasteiger partial charge is 0.169 e. The van der Waals surface area contributed by atoms with Gasteiger partial charge < -0.3 is 0 Å². The van der Waals surface area contributed by atoms with E-state index in [-0.39, 0.29) is 11.6 Å². The zero-order valence-corrected chi connectivity index (χ0v) is 17.9. The molecule has 138 valence electrons. The molecule has 2 nitrogen and oxygen atoms in total. The second-order valence-electron chi connectivity index (χ2n) is 8.32. The molecule has 0 aliphatic carbocycles. The van der Waals surface area contributed by atoms with E-state index in [4.69, 9.17) is 0 Å². The van der Waals surface area contributed by atoms with E-state index >= 15 is 0 Å². The van der Waals surface area contributed by atoms with Crippen molar-refractivity contribution >= 4 is 33.2 Å². The van der Waals surface area contributed by atoms with Gasteiger partial charge in [0.15, 0.2) is 11.6 Å². The third-order valence-electron chi connectivity index (χ3n) is 3.85. The fourth-order valence-corrected chi connectivity index (χ4v) is 4.71. The first kappa shape index (κ1) is 20.8. The highest BCUT2D eigenvalue weighted by Crippen LogP contribution is 2.42. The van der Waals surface area contributed by atoms with Gasteiger partial charge >= 0.3 is 0 Å². The van der Waals surface area contributed by atoms with E-state index in [1.54, 1.807) is 0 Å². The molecule has 0 aliphatic heterocycles. The zero-order chi connectivity index (χ0) is 19.5. The average molecular weight is 387 g/mol. The largest absolute Gasteiger partial charge is 0.294 e. The lowest BCUT2D eigenvalue weighted by molar-refractivity contribution is 0.0849. The maximum absolute atomic E-state index is 12.7. The Labute approximate surface area is 164 Å². The molecule has 26 heavy (non-hydrogen) atoms. The summed E-state index contributed by atoms with van der Waals surface area (Å²) in [6.45, 7) is 11.6. The van der Waals surface area contributed by atoms with Crippen LogP contribution in [0.3, 0.4) is 0 Å². The highest BCUT2D eigenvalue weighted by Gasteiger charge is 2.27. The molecule has 0 fully saturated rings. The van der Waals surface area contributed by atoms with Crippen molar-refractivity contribution in [3.8, 4) is 0 Å². The first-order chi connectivity index (χ1) is 12.0. The van der Waals surface area contributed by atoms with Crippen LogP contribution in [-0.2, 0) is 0 Å². The first-order valence-electron chi connectivity index (χ1n) is 8.64. The molecule has 2 aromatic rings. The summed E-state index contributed by atoms with van der Waals surface area (Å²) in [6.07, 6.45) is 0. The van der Waals surface area contributed by atoms with Crippen molar-refractivity contribution in [3.05, 3.63) is 59.7 Å². The molecular weight excluding hydrogens is 360 g/mol. The third kappa shape index (κ3) is 5.01. The lowest BCUT2D eigenvalue weighted by Crippen LogP contribution is -2.21. The molecule has 0 saturated heterocycles. The van der Waals surface area contributed by atoms with E-state index < -0.39 is 10.8 Å². The Hall–Kier alpha value is -1.52. The molecule has 0 aliphatic rings. The van der Waals surface area contributed by atoms with Crippen LogP contribution in [0.5, 0.6) is 0 Å². The van der Waals surface area contributed by atoms with Crippen LogP contribution in [0.4, 0.5) is 0 Å². The van der Waals surface area contributed by atoms with E-state index in [0.29, 0.717) is 0 Å². The van der Waals surface area contributed by atoms with Crippen LogP contribution in [0.1, 0.15) is 62.3 Å². The normalized spacial score (nSPS) is 12.1. The van der Waals surface area contributed by atoms with Crippen molar-refractivity contribution in [1.29, 1.82) is 0 Å². The zero-order valence-electron chi connectivity index (χ0n) is 16.3. The molecule has 0 radical (unpaired) electrons. The average Bonchev–Trinajstić information content (AvgIpc) is 2.57. The molecule has 4 heteroatoms. The summed E-state index contributed by atoms with van der Waals surface area (Å²) < 4.78 is 0. The van der Waals surface area contributed by atoms with E-state index in [9.17, 15) is 9.59 Å². The number of hydrogen-bond donors (Lipinski definition) is 0. The summed E-state index contributed by atoms with van der Waals surface area (Å²) in [5, 5.41) is 0. The number of Topliss-reactive ketones (excluding diaryl/α,β-unsaturated/α-hetero) is 2. The number of carbonyl (C=O) groups is 2. The fraction of sp³-hybridized carbons (Fsp3) is 0.364. The van der Waals surface area contributed by atoms with Crippen LogP contribution in [0.2, 0.25) is 0 Å². The van der Waals surface area contributed by atoms with Gasteiger partial charge in [-0.15, -0.1) is 0 Å². The van der Waals surface area contributed by atoms with Crippen molar-refractivity contribution in [3.63, 3.8) is 0 Å². The Morgan fingerprint density at radius 3 is 1.23 bits per heavy atom. The fourth-order valence-electron chi connectivity index (χ4n) is 2.35. The highest BCUT2D eigenvalue weighted by molar-refractivity contribution is 8.76. The Morgan fingerprint density at radius 2 is 0.923 bits per heavy atom. The molecule has 2 aromatic carbocycles. The molecule has 2 rings (SSSR count). The SMILES string of the molecule is CC(C)(C)C(=O)c1ccccc1SSc1ccccc1C(=O)C(C)(C)C. The van der Waals surface area contributed by atoms with Gasteiger partial charge in [-0.2, -0.15) is 0 Å². The lowest BCUT2D eigenvalue weighted by Gasteiger charge is -2.20. The maximum atomic E-state index is 12.7. The van der Waals surface area contributed by atoms with Gasteiger partial charge in [0.2, 0.25) is 0 Å². The molecule has 0 unspecified atom stereocenters. The van der Waals surface area contributed by atoms with E-state index in [1.807, 2.05) is 90.1 Å². The van der Waals surface area contributed by atoms with Gasteiger partial charge in [0.1, 0.15) is 0 Å². The minimum Gasteiger partial charge on any atom is -0.294 e. The summed E-state index contributed by atoms with van der Waals surface area (Å²) in [7, 11) is 3.06. The van der Waals surface area contributed by atoms with Gasteiger partial charge in [-0.25, -0.2) is 0 Å². The maximum Gasteiger partial charge on any atom is 0.169 e. The number of benzene rings is 2. The van der Waals surface area contributed by atoms with Gasteiger partial charge in [-0.3, -0.25) is 9.59 Å². The molecule has 0 heterocycles. The topological polar surface area (TPSA) is 34.1 Å². The second-order valence-corrected chi connectivity index (χ2v) is 10.5. The van der Waals surface area contributed by atoms with Crippen LogP contribution in [0.25, 0.3) is 0 Å². The van der Waals surface area contributed by atoms with E-state index in [2.05, 4.69) is 0 Å². The summed E-state index contributed by atoms with van der Waals surface area (Å²) >= 11 is 0. The third-order valence-corrected chi connectivity index (χ3v) is 6.33. The van der Waals surface area contributed by atoms with Crippen molar-refractivity contribution in [2.45, 2.75) is 51.3 Å². The van der Waals surface area contributed by atoms with Crippen LogP contribution < -0.4 is 0 Å². The summed E-state index contributed by atoms with van der Waals surface area (Å²) in [4.78, 5) is 27.3. The van der Waals surface area contributed by atoms with Gasteiger partial charge in [-0.05, 0) is 12.1 Å². The number of carbonyl (C=O) groups excluding carboxylic acids is 2. The number of rotatable bonds is 5. The van der Waals surface area contributed by atoms with Crippen molar-refractivity contribution in [2.75, 3.05) is 0 Å². The van der Waals surface area contributed by atoms with E-state index in [0.717, 1.165) is 20.9 Å². The minimum absolute atomic E-state index is 0.125. The van der Waals surface area contributed by atoms with Crippen LogP contribution >= 0.6 is 21.6 Å². The first-order valence-corrected chi connectivity index (χ1v) is 10.8. The van der Waals surface area contributed by atoms with Crippen molar-refractivity contribution in [2.24, 2.45) is 10.8 Å². The Morgan fingerprint density at radius 1 is 0.615 bits per heavy atom. The Bertz CT molecular complexity index is 742. The summed E-state index contributed by atoms with van der Waals surface area (Å²) in [5.41, 5.74) is 0.609. The standard InChI is InChI=1S/C22H26O2S2/c1-21(2,3)19(23)15-11-7-9-13-17(15)25-26-18-14-10-8-12-16(18)20(24)22(4,5)6/h7-14H,1-6H3. The van der Waals surface area contributed by atoms with Crippen LogP contribution in [-0.4, -0.2) is 11.6 Å². The lowest BCUT2D eigenvalue weighted by atomic mass is 9.86. The van der Waals surface area contributed by atoms with Crippen LogP contribution in [0, 0.1) is 10.8 Å². The van der Waals surface area contributed by atoms with Gasteiger partial charge in [0.05, 0.1) is 0 Å². The predicted molar refractivity (Wildman–Crippen MR) is 112 cm³/mol. The molecule has 0 aromatic heterocycles. The number of ketones is 2. The Kier molecular flexibility index (Phi) is 6.41. The molecule has 0 spiro atoms. The molecule has 0 N–H and O–H groups in total. The molecule has 0 amide bonds. The summed E-state index contributed by atoms with van der Waals surface area (Å²) in [6, 6.07) is 15.3. The van der Waals surface area contributed by atoms with E-state index in [1.165, 1.54) is 21.6 Å². The molecular formula is C22H26O2S2. The van der Waals surface area contributed by atoms with Gasteiger partial charge in [0.25, 0.3) is 0 Å². The van der Waals surface area contributed by atoms with Gasteiger partial charge in [0, 0.05) is 31.7 Å². The second kappa shape index (κ2) is 8.01.